The van der Waals surface area contributed by atoms with Crippen molar-refractivity contribution in [3.05, 3.63) is 29.8 Å². The molecule has 0 aliphatic carbocycles. The summed E-state index contributed by atoms with van der Waals surface area (Å²) in [5, 5.41) is 2.60. The van der Waals surface area contributed by atoms with Crippen LogP contribution in [0.15, 0.2) is 24.3 Å². The highest BCUT2D eigenvalue weighted by molar-refractivity contribution is 6.40. The van der Waals surface area contributed by atoms with Crippen molar-refractivity contribution in [1.82, 2.24) is 5.32 Å². The maximum atomic E-state index is 12.1. The standard InChI is InChI=1S/C14H17ClN2O2/c15-8-4-9-16-13(18)14(19)17-10-3-6-11-5-1-2-7-12(11)17/h1-2,5,7H,3-4,6,8-10H2,(H,16,18). The molecule has 102 valence electrons. The van der Waals surface area contributed by atoms with E-state index in [1.807, 2.05) is 24.3 Å². The molecule has 2 amide bonds. The Morgan fingerprint density at radius 3 is 2.89 bits per heavy atom. The molecular weight excluding hydrogens is 264 g/mol. The van der Waals surface area contributed by atoms with Crippen LogP contribution in [0.5, 0.6) is 0 Å². The van der Waals surface area contributed by atoms with Crippen LogP contribution >= 0.6 is 11.6 Å². The first-order chi connectivity index (χ1) is 9.24. The van der Waals surface area contributed by atoms with Crippen LogP contribution in [0.25, 0.3) is 0 Å². The average Bonchev–Trinajstić information content (AvgIpc) is 2.46. The molecule has 0 radical (unpaired) electrons. The molecule has 1 aliphatic rings. The number of rotatable bonds is 3. The van der Waals surface area contributed by atoms with Crippen molar-refractivity contribution in [2.75, 3.05) is 23.9 Å². The number of carbonyl (C=O) groups excluding carboxylic acids is 2. The molecule has 0 atom stereocenters. The lowest BCUT2D eigenvalue weighted by molar-refractivity contribution is -0.137. The monoisotopic (exact) mass is 280 g/mol. The molecule has 1 aromatic rings. The normalized spacial score (nSPS) is 13.8. The topological polar surface area (TPSA) is 49.4 Å². The number of para-hydroxylation sites is 1. The number of benzene rings is 1. The summed E-state index contributed by atoms with van der Waals surface area (Å²) in [6.07, 6.45) is 2.50. The molecule has 0 aromatic heterocycles. The quantitative estimate of drug-likeness (QED) is 0.521. The van der Waals surface area contributed by atoms with Gasteiger partial charge in [0.25, 0.3) is 0 Å². The number of carbonyl (C=O) groups is 2. The second-order valence-corrected chi connectivity index (χ2v) is 4.87. The molecular formula is C14H17ClN2O2. The van der Waals surface area contributed by atoms with E-state index in [-0.39, 0.29) is 0 Å². The molecule has 1 aliphatic heterocycles. The Morgan fingerprint density at radius 1 is 1.32 bits per heavy atom. The highest BCUT2D eigenvalue weighted by Gasteiger charge is 2.26. The maximum Gasteiger partial charge on any atom is 0.316 e. The Labute approximate surface area is 117 Å². The van der Waals surface area contributed by atoms with E-state index >= 15 is 0 Å². The molecule has 19 heavy (non-hydrogen) atoms. The van der Waals surface area contributed by atoms with Gasteiger partial charge >= 0.3 is 11.8 Å². The fourth-order valence-corrected chi connectivity index (χ4v) is 2.35. The van der Waals surface area contributed by atoms with E-state index in [2.05, 4.69) is 5.32 Å². The molecule has 0 bridgehead atoms. The second-order valence-electron chi connectivity index (χ2n) is 4.49. The Morgan fingerprint density at radius 2 is 2.11 bits per heavy atom. The Bertz CT molecular complexity index is 476. The van der Waals surface area contributed by atoms with Crippen LogP contribution in [0.1, 0.15) is 18.4 Å². The summed E-state index contributed by atoms with van der Waals surface area (Å²) in [6, 6.07) is 7.72. The van der Waals surface area contributed by atoms with E-state index in [9.17, 15) is 9.59 Å². The number of alkyl halides is 1. The minimum absolute atomic E-state index is 0.434. The third kappa shape index (κ3) is 3.26. The molecule has 1 aromatic carbocycles. The van der Waals surface area contributed by atoms with Crippen LogP contribution in [0.4, 0.5) is 5.69 Å². The van der Waals surface area contributed by atoms with Gasteiger partial charge in [-0.15, -0.1) is 11.6 Å². The SMILES string of the molecule is O=C(NCCCCl)C(=O)N1CCCc2ccccc21. The van der Waals surface area contributed by atoms with E-state index in [4.69, 9.17) is 11.6 Å². The van der Waals surface area contributed by atoms with Crippen molar-refractivity contribution in [2.24, 2.45) is 0 Å². The number of fused-ring (bicyclic) bond motifs is 1. The summed E-state index contributed by atoms with van der Waals surface area (Å²) in [7, 11) is 0. The fourth-order valence-electron chi connectivity index (χ4n) is 2.21. The molecule has 1 N–H and O–H groups in total. The van der Waals surface area contributed by atoms with Gasteiger partial charge in [0.2, 0.25) is 0 Å². The third-order valence-corrected chi connectivity index (χ3v) is 3.41. The number of hydrogen-bond acceptors (Lipinski definition) is 2. The molecule has 1 heterocycles. The summed E-state index contributed by atoms with van der Waals surface area (Å²) >= 11 is 5.53. The summed E-state index contributed by atoms with van der Waals surface area (Å²) < 4.78 is 0. The Kier molecular flexibility index (Phi) is 4.80. The predicted molar refractivity (Wildman–Crippen MR) is 75.5 cm³/mol. The lowest BCUT2D eigenvalue weighted by Crippen LogP contribution is -2.45. The molecule has 0 saturated carbocycles. The number of anilines is 1. The smallest absolute Gasteiger partial charge is 0.316 e. The number of nitrogens with one attached hydrogen (secondary N) is 1. The summed E-state index contributed by atoms with van der Waals surface area (Å²) in [5.74, 6) is -0.565. The number of nitrogens with zero attached hydrogens (tertiary/aromatic N) is 1. The van der Waals surface area contributed by atoms with Crippen LogP contribution < -0.4 is 10.2 Å². The number of aryl methyl sites for hydroxylation is 1. The van der Waals surface area contributed by atoms with Gasteiger partial charge in [-0.05, 0) is 30.9 Å². The van der Waals surface area contributed by atoms with Gasteiger partial charge in [0.05, 0.1) is 0 Å². The lowest BCUT2D eigenvalue weighted by Gasteiger charge is -2.28. The molecule has 0 saturated heterocycles. The predicted octanol–water partition coefficient (Wildman–Crippen LogP) is 1.71. The zero-order valence-electron chi connectivity index (χ0n) is 10.7. The van der Waals surface area contributed by atoms with Crippen LogP contribution in [0.3, 0.4) is 0 Å². The van der Waals surface area contributed by atoms with Crippen LogP contribution in [-0.2, 0) is 16.0 Å². The van der Waals surface area contributed by atoms with Crippen LogP contribution in [0, 0.1) is 0 Å². The molecule has 5 heteroatoms. The van der Waals surface area contributed by atoms with Gasteiger partial charge in [-0.1, -0.05) is 18.2 Å². The van der Waals surface area contributed by atoms with Crippen molar-refractivity contribution < 1.29 is 9.59 Å². The van der Waals surface area contributed by atoms with Crippen molar-refractivity contribution in [3.8, 4) is 0 Å². The highest BCUT2D eigenvalue weighted by Crippen LogP contribution is 2.26. The minimum Gasteiger partial charge on any atom is -0.348 e. The van der Waals surface area contributed by atoms with Gasteiger partial charge in [-0.3, -0.25) is 9.59 Å². The summed E-state index contributed by atoms with van der Waals surface area (Å²) in [4.78, 5) is 25.5. The first-order valence-electron chi connectivity index (χ1n) is 6.47. The van der Waals surface area contributed by atoms with Crippen LogP contribution in [0.2, 0.25) is 0 Å². The van der Waals surface area contributed by atoms with Gasteiger partial charge in [0, 0.05) is 24.7 Å². The van der Waals surface area contributed by atoms with Gasteiger partial charge in [-0.2, -0.15) is 0 Å². The van der Waals surface area contributed by atoms with Crippen molar-refractivity contribution in [3.63, 3.8) is 0 Å². The fraction of sp³-hybridized carbons (Fsp3) is 0.429. The van der Waals surface area contributed by atoms with Gasteiger partial charge in [-0.25, -0.2) is 0 Å². The number of hydrogen-bond donors (Lipinski definition) is 1. The van der Waals surface area contributed by atoms with E-state index in [1.54, 1.807) is 4.90 Å². The Balaban J connectivity index is 2.06. The molecule has 0 unspecified atom stereocenters. The van der Waals surface area contributed by atoms with Gasteiger partial charge in [0.1, 0.15) is 0 Å². The molecule has 0 fully saturated rings. The number of amides is 2. The zero-order valence-corrected chi connectivity index (χ0v) is 11.4. The maximum absolute atomic E-state index is 12.1. The van der Waals surface area contributed by atoms with Gasteiger partial charge < -0.3 is 10.2 Å². The first-order valence-corrected chi connectivity index (χ1v) is 7.01. The number of halogens is 1. The largest absolute Gasteiger partial charge is 0.348 e. The lowest BCUT2D eigenvalue weighted by atomic mass is 10.0. The van der Waals surface area contributed by atoms with E-state index in [0.717, 1.165) is 24.1 Å². The van der Waals surface area contributed by atoms with Crippen molar-refractivity contribution >= 4 is 29.1 Å². The zero-order chi connectivity index (χ0) is 13.7. The summed E-state index contributed by atoms with van der Waals surface area (Å²) in [5.41, 5.74) is 1.97. The van der Waals surface area contributed by atoms with Crippen molar-refractivity contribution in [2.45, 2.75) is 19.3 Å². The Hall–Kier alpha value is -1.55. The third-order valence-electron chi connectivity index (χ3n) is 3.15. The molecule has 4 nitrogen and oxygen atoms in total. The minimum atomic E-state index is -0.554. The van der Waals surface area contributed by atoms with E-state index in [0.29, 0.717) is 25.4 Å². The van der Waals surface area contributed by atoms with Crippen LogP contribution in [-0.4, -0.2) is 30.8 Å². The highest BCUT2D eigenvalue weighted by atomic mass is 35.5. The second kappa shape index (κ2) is 6.57. The molecule has 2 rings (SSSR count). The van der Waals surface area contributed by atoms with Gasteiger partial charge in [0.15, 0.2) is 0 Å². The van der Waals surface area contributed by atoms with E-state index in [1.165, 1.54) is 0 Å². The van der Waals surface area contributed by atoms with Crippen molar-refractivity contribution in [1.29, 1.82) is 0 Å². The summed E-state index contributed by atoms with van der Waals surface area (Å²) in [6.45, 7) is 1.03. The molecule has 0 spiro atoms. The van der Waals surface area contributed by atoms with E-state index < -0.39 is 11.8 Å². The average molecular weight is 281 g/mol. The first kappa shape index (κ1) is 13.9.